The van der Waals surface area contributed by atoms with Gasteiger partial charge in [-0.05, 0) is 69.3 Å². The zero-order valence-corrected chi connectivity index (χ0v) is 22.9. The van der Waals surface area contributed by atoms with Crippen molar-refractivity contribution in [3.05, 3.63) is 57.6 Å². The molecule has 2 fully saturated rings. The first kappa shape index (κ1) is 28.0. The van der Waals surface area contributed by atoms with Crippen LogP contribution in [0.4, 0.5) is 13.2 Å². The summed E-state index contributed by atoms with van der Waals surface area (Å²) in [6.07, 6.45) is 6.47. The lowest BCUT2D eigenvalue weighted by atomic mass is 9.74. The normalized spacial score (nSPS) is 26.5. The van der Waals surface area contributed by atoms with Gasteiger partial charge in [0, 0.05) is 25.0 Å². The molecule has 7 nitrogen and oxygen atoms in total. The maximum Gasteiger partial charge on any atom is 0.433 e. The number of carbonyl (C=O) groups excluding carboxylic acids is 1. The van der Waals surface area contributed by atoms with Crippen molar-refractivity contribution in [2.24, 2.45) is 10.8 Å². The maximum atomic E-state index is 14.5. The number of aliphatic carboxylic acids is 1. The van der Waals surface area contributed by atoms with Crippen molar-refractivity contribution in [1.29, 1.82) is 0 Å². The van der Waals surface area contributed by atoms with Gasteiger partial charge >= 0.3 is 12.1 Å². The van der Waals surface area contributed by atoms with Crippen LogP contribution in [0.25, 0.3) is 0 Å². The number of carboxylic acids is 1. The van der Waals surface area contributed by atoms with Crippen LogP contribution in [0.2, 0.25) is 10.0 Å². The summed E-state index contributed by atoms with van der Waals surface area (Å²) in [5.74, 6) is -1.69. The number of pyridine rings is 1. The number of halogens is 5. The number of likely N-dealkylation sites (tertiary alicyclic amines) is 1. The summed E-state index contributed by atoms with van der Waals surface area (Å²) in [6.45, 7) is 1.92. The molecule has 1 N–H and O–H groups in total. The molecule has 2 aromatic rings. The first-order valence-corrected chi connectivity index (χ1v) is 13.7. The smallest absolute Gasteiger partial charge is 0.433 e. The lowest BCUT2D eigenvalue weighted by Gasteiger charge is -2.34. The van der Waals surface area contributed by atoms with E-state index in [-0.39, 0.29) is 31.1 Å². The fourth-order valence-electron chi connectivity index (χ4n) is 6.43. The van der Waals surface area contributed by atoms with Crippen molar-refractivity contribution in [2.45, 2.75) is 76.6 Å². The number of aromatic nitrogens is 3. The molecule has 210 valence electrons. The van der Waals surface area contributed by atoms with E-state index in [1.807, 2.05) is 12.2 Å². The van der Waals surface area contributed by atoms with Gasteiger partial charge in [0.05, 0.1) is 33.3 Å². The van der Waals surface area contributed by atoms with Gasteiger partial charge in [-0.25, -0.2) is 0 Å². The van der Waals surface area contributed by atoms with Crippen LogP contribution in [0.5, 0.6) is 0 Å². The predicted octanol–water partition coefficient (Wildman–Crippen LogP) is 6.60. The number of hydrogen-bond donors (Lipinski definition) is 1. The van der Waals surface area contributed by atoms with E-state index in [0.717, 1.165) is 23.7 Å². The van der Waals surface area contributed by atoms with E-state index in [1.54, 1.807) is 6.92 Å². The van der Waals surface area contributed by atoms with Crippen LogP contribution in [-0.2, 0) is 17.4 Å². The monoisotopic (exact) mass is 584 g/mol. The molecule has 1 amide bonds. The number of rotatable bonds is 5. The van der Waals surface area contributed by atoms with Crippen LogP contribution in [0.1, 0.15) is 79.5 Å². The standard InChI is InChI=1S/C27H29Cl2F3N4O3/c1-25(24(38)39)8-4-16(5-9-25)36-22(27(30,31)32)19(12-34-36)23(37)35-15-26(6-2-3-7-26)11-17(35)10-18-20(28)13-33-14-21(18)29/h2-3,12-14,16-17H,4-11,15H2,1H3,(H,38,39)/t16-,17-,25-/m0/s1. The number of carboxylic acid groups (broad SMARTS) is 1. The van der Waals surface area contributed by atoms with E-state index in [9.17, 15) is 27.9 Å². The predicted molar refractivity (Wildman–Crippen MR) is 139 cm³/mol. The van der Waals surface area contributed by atoms with E-state index in [4.69, 9.17) is 23.2 Å². The maximum absolute atomic E-state index is 14.5. The number of allylic oxidation sites excluding steroid dienone is 2. The van der Waals surface area contributed by atoms with E-state index in [2.05, 4.69) is 10.1 Å². The Morgan fingerprint density at radius 2 is 1.72 bits per heavy atom. The van der Waals surface area contributed by atoms with Crippen LogP contribution >= 0.6 is 23.2 Å². The largest absolute Gasteiger partial charge is 0.481 e. The molecule has 1 saturated carbocycles. The van der Waals surface area contributed by atoms with Crippen molar-refractivity contribution in [1.82, 2.24) is 19.7 Å². The first-order valence-electron chi connectivity index (χ1n) is 13.0. The molecule has 0 bridgehead atoms. The third-order valence-corrected chi connectivity index (χ3v) is 9.40. The highest BCUT2D eigenvalue weighted by Gasteiger charge is 2.49. The van der Waals surface area contributed by atoms with Gasteiger partial charge in [-0.15, -0.1) is 0 Å². The van der Waals surface area contributed by atoms with Crippen LogP contribution in [0, 0.1) is 10.8 Å². The molecule has 2 aromatic heterocycles. The number of carbonyl (C=O) groups is 2. The van der Waals surface area contributed by atoms with Gasteiger partial charge < -0.3 is 10.0 Å². The highest BCUT2D eigenvalue weighted by atomic mass is 35.5. The quantitative estimate of drug-likeness (QED) is 0.400. The molecule has 2 aliphatic carbocycles. The zero-order valence-electron chi connectivity index (χ0n) is 21.3. The Morgan fingerprint density at radius 1 is 1.10 bits per heavy atom. The van der Waals surface area contributed by atoms with Crippen LogP contribution in [-0.4, -0.2) is 49.2 Å². The van der Waals surface area contributed by atoms with Gasteiger partial charge in [0.1, 0.15) is 0 Å². The molecule has 1 spiro atoms. The molecule has 1 atom stereocenters. The Morgan fingerprint density at radius 3 is 2.28 bits per heavy atom. The van der Waals surface area contributed by atoms with E-state index >= 15 is 0 Å². The third-order valence-electron chi connectivity index (χ3n) is 8.75. The second kappa shape index (κ2) is 10.1. The SMILES string of the molecule is C[C@]1(C(=O)O)CC[C@H](n2ncc(C(=O)N3CC4(CC=CC4)C[C@@H]3Cc3c(Cl)cncc3Cl)c2C(F)(F)F)CC1. The van der Waals surface area contributed by atoms with Gasteiger partial charge in [0.2, 0.25) is 0 Å². The van der Waals surface area contributed by atoms with Crippen molar-refractivity contribution in [2.75, 3.05) is 6.54 Å². The zero-order chi connectivity index (χ0) is 28.2. The Labute approximate surface area is 234 Å². The molecule has 3 aliphatic rings. The van der Waals surface area contributed by atoms with E-state index in [1.165, 1.54) is 17.3 Å². The lowest BCUT2D eigenvalue weighted by Crippen LogP contribution is -2.39. The fraction of sp³-hybridized carbons (Fsp3) is 0.556. The Balaban J connectivity index is 1.47. The van der Waals surface area contributed by atoms with Crippen molar-refractivity contribution in [3.8, 4) is 0 Å². The molecular weight excluding hydrogens is 556 g/mol. The minimum absolute atomic E-state index is 0.224. The molecular formula is C27H29Cl2F3N4O3. The average Bonchev–Trinajstić information content (AvgIpc) is 3.60. The van der Waals surface area contributed by atoms with Crippen molar-refractivity contribution in [3.63, 3.8) is 0 Å². The molecule has 1 saturated heterocycles. The number of hydrogen-bond acceptors (Lipinski definition) is 4. The number of nitrogens with zero attached hydrogens (tertiary/aromatic N) is 4. The van der Waals surface area contributed by atoms with Crippen LogP contribution in [0.15, 0.2) is 30.7 Å². The number of alkyl halides is 3. The molecule has 1 aliphatic heterocycles. The second-order valence-corrected chi connectivity index (χ2v) is 12.2. The Bertz CT molecular complexity index is 1290. The molecule has 39 heavy (non-hydrogen) atoms. The Hall–Kier alpha value is -2.59. The van der Waals surface area contributed by atoms with Crippen molar-refractivity contribution >= 4 is 35.1 Å². The molecule has 12 heteroatoms. The van der Waals surface area contributed by atoms with E-state index < -0.39 is 46.8 Å². The molecule has 3 heterocycles. The third kappa shape index (κ3) is 5.17. The first-order chi connectivity index (χ1) is 18.3. The highest BCUT2D eigenvalue weighted by molar-refractivity contribution is 6.35. The van der Waals surface area contributed by atoms with Crippen LogP contribution < -0.4 is 0 Å². The molecule has 5 rings (SSSR count). The van der Waals surface area contributed by atoms with Crippen LogP contribution in [0.3, 0.4) is 0 Å². The van der Waals surface area contributed by atoms with Gasteiger partial charge in [0.15, 0.2) is 5.69 Å². The topological polar surface area (TPSA) is 88.3 Å². The summed E-state index contributed by atoms with van der Waals surface area (Å²) in [4.78, 5) is 31.0. The minimum Gasteiger partial charge on any atom is -0.481 e. The summed E-state index contributed by atoms with van der Waals surface area (Å²) in [5, 5.41) is 14.3. The van der Waals surface area contributed by atoms with E-state index in [0.29, 0.717) is 35.0 Å². The minimum atomic E-state index is -4.82. The second-order valence-electron chi connectivity index (χ2n) is 11.4. The summed E-state index contributed by atoms with van der Waals surface area (Å²) < 4.78 is 44.4. The average molecular weight is 585 g/mol. The van der Waals surface area contributed by atoms with Gasteiger partial charge in [-0.1, -0.05) is 35.4 Å². The van der Waals surface area contributed by atoms with Gasteiger partial charge in [-0.2, -0.15) is 18.3 Å². The molecule has 0 unspecified atom stereocenters. The Kier molecular flexibility index (Phi) is 7.24. The highest BCUT2D eigenvalue weighted by Crippen LogP contribution is 2.48. The molecule has 0 aromatic carbocycles. The fourth-order valence-corrected chi connectivity index (χ4v) is 6.95. The molecule has 0 radical (unpaired) electrons. The number of amides is 1. The lowest BCUT2D eigenvalue weighted by molar-refractivity contribution is -0.152. The summed E-state index contributed by atoms with van der Waals surface area (Å²) in [7, 11) is 0. The summed E-state index contributed by atoms with van der Waals surface area (Å²) >= 11 is 12.7. The van der Waals surface area contributed by atoms with Crippen molar-refractivity contribution < 1.29 is 27.9 Å². The summed E-state index contributed by atoms with van der Waals surface area (Å²) in [5.41, 5.74) is -2.20. The summed E-state index contributed by atoms with van der Waals surface area (Å²) in [6, 6.07) is -1.06. The van der Waals surface area contributed by atoms with Gasteiger partial charge in [-0.3, -0.25) is 19.3 Å². The van der Waals surface area contributed by atoms with Gasteiger partial charge in [0.25, 0.3) is 5.91 Å².